The lowest BCUT2D eigenvalue weighted by molar-refractivity contribution is -0.121. The Kier molecular flexibility index (Phi) is 3.49. The van der Waals surface area contributed by atoms with Gasteiger partial charge in [0.2, 0.25) is 0 Å². The van der Waals surface area contributed by atoms with Crippen LogP contribution in [-0.4, -0.2) is 34.1 Å². The minimum absolute atomic E-state index is 0.0326. The molecule has 0 aromatic rings. The van der Waals surface area contributed by atoms with Gasteiger partial charge in [-0.25, -0.2) is 0 Å². The highest BCUT2D eigenvalue weighted by atomic mass is 32.2. The van der Waals surface area contributed by atoms with Crippen LogP contribution >= 0.6 is 24.0 Å². The second kappa shape index (κ2) is 4.89. The number of allylic oxidation sites excluding steroid dienone is 5. The molecule has 0 unspecified atom stereocenters. The Bertz CT molecular complexity index is 489. The maximum Gasteiger partial charge on any atom is 0.265 e. The molecule has 0 aromatic heterocycles. The van der Waals surface area contributed by atoms with E-state index in [9.17, 15) is 4.79 Å². The van der Waals surface area contributed by atoms with Crippen molar-refractivity contribution in [3.05, 3.63) is 47.2 Å². The second-order valence-corrected chi connectivity index (χ2v) is 5.34. The maximum atomic E-state index is 11.7. The Morgan fingerprint density at radius 1 is 1.29 bits per heavy atom. The monoisotopic (exact) mass is 264 g/mol. The molecule has 0 radical (unpaired) electrons. The van der Waals surface area contributed by atoms with Crippen molar-refractivity contribution in [2.45, 2.75) is 0 Å². The van der Waals surface area contributed by atoms with E-state index in [0.717, 1.165) is 5.70 Å². The topological polar surface area (TPSA) is 23.6 Å². The average Bonchev–Trinajstić information content (AvgIpc) is 2.56. The van der Waals surface area contributed by atoms with Crippen LogP contribution in [0.3, 0.4) is 0 Å². The van der Waals surface area contributed by atoms with Crippen molar-refractivity contribution in [1.29, 1.82) is 0 Å². The fraction of sp³-hybridized carbons (Fsp3) is 0.167. The zero-order valence-corrected chi connectivity index (χ0v) is 11.2. The van der Waals surface area contributed by atoms with Crippen LogP contribution in [0.2, 0.25) is 0 Å². The van der Waals surface area contributed by atoms with Gasteiger partial charge in [-0.15, -0.1) is 0 Å². The van der Waals surface area contributed by atoms with Crippen LogP contribution in [0.5, 0.6) is 0 Å². The zero-order chi connectivity index (χ0) is 12.4. The molecular weight excluding hydrogens is 252 g/mol. The van der Waals surface area contributed by atoms with Gasteiger partial charge in [-0.1, -0.05) is 30.1 Å². The first-order chi connectivity index (χ1) is 8.09. The number of carbonyl (C=O) groups is 1. The molecule has 2 aliphatic rings. The van der Waals surface area contributed by atoms with Gasteiger partial charge in [-0.3, -0.25) is 9.69 Å². The van der Waals surface area contributed by atoms with Crippen molar-refractivity contribution in [3.8, 4) is 0 Å². The standard InChI is InChI=1S/C12H12N2OS2/c1-13-8-4-3-5-9(13)6-7-10-11(15)14(2)12(16)17-10/h3-8H,1-2H3/b9-6+,10-7?. The largest absolute Gasteiger partial charge is 0.351 e. The molecule has 2 rings (SSSR count). The molecule has 3 nitrogen and oxygen atoms in total. The van der Waals surface area contributed by atoms with Gasteiger partial charge >= 0.3 is 0 Å². The third-order valence-corrected chi connectivity index (χ3v) is 3.99. The molecular formula is C12H12N2OS2. The molecule has 17 heavy (non-hydrogen) atoms. The minimum Gasteiger partial charge on any atom is -0.351 e. The van der Waals surface area contributed by atoms with E-state index in [4.69, 9.17) is 12.2 Å². The van der Waals surface area contributed by atoms with Gasteiger partial charge in [-0.05, 0) is 24.3 Å². The summed E-state index contributed by atoms with van der Waals surface area (Å²) in [6.07, 6.45) is 11.6. The van der Waals surface area contributed by atoms with Gasteiger partial charge in [-0.2, -0.15) is 0 Å². The van der Waals surface area contributed by atoms with Crippen LogP contribution in [0.15, 0.2) is 47.2 Å². The minimum atomic E-state index is -0.0326. The molecule has 0 bridgehead atoms. The van der Waals surface area contributed by atoms with Gasteiger partial charge in [0.1, 0.15) is 4.32 Å². The number of amides is 1. The lowest BCUT2D eigenvalue weighted by Crippen LogP contribution is -2.22. The molecule has 2 heterocycles. The Balaban J connectivity index is 2.19. The Morgan fingerprint density at radius 3 is 2.65 bits per heavy atom. The van der Waals surface area contributed by atoms with Crippen molar-refractivity contribution >= 4 is 34.2 Å². The second-order valence-electron chi connectivity index (χ2n) is 3.67. The van der Waals surface area contributed by atoms with Crippen LogP contribution in [-0.2, 0) is 4.79 Å². The van der Waals surface area contributed by atoms with Crippen molar-refractivity contribution < 1.29 is 4.79 Å². The van der Waals surface area contributed by atoms with E-state index < -0.39 is 0 Å². The average molecular weight is 264 g/mol. The van der Waals surface area contributed by atoms with Gasteiger partial charge in [0.15, 0.2) is 0 Å². The number of likely N-dealkylation sites (N-methyl/N-ethyl adjacent to an activating group) is 2. The van der Waals surface area contributed by atoms with E-state index in [-0.39, 0.29) is 5.91 Å². The van der Waals surface area contributed by atoms with Crippen molar-refractivity contribution in [3.63, 3.8) is 0 Å². The van der Waals surface area contributed by atoms with Gasteiger partial charge in [0.05, 0.1) is 4.91 Å². The number of nitrogens with zero attached hydrogens (tertiary/aromatic N) is 2. The van der Waals surface area contributed by atoms with Crippen LogP contribution in [0.4, 0.5) is 0 Å². The normalized spacial score (nSPS) is 24.6. The summed E-state index contributed by atoms with van der Waals surface area (Å²) in [7, 11) is 3.66. The Hall–Kier alpha value is -1.33. The molecule has 1 amide bonds. The van der Waals surface area contributed by atoms with Crippen molar-refractivity contribution in [2.75, 3.05) is 14.1 Å². The lowest BCUT2D eigenvalue weighted by Gasteiger charge is -2.17. The number of hydrogen-bond donors (Lipinski definition) is 0. The molecule has 0 spiro atoms. The molecule has 1 saturated heterocycles. The highest BCUT2D eigenvalue weighted by Gasteiger charge is 2.28. The van der Waals surface area contributed by atoms with Gasteiger partial charge in [0.25, 0.3) is 5.91 Å². The molecule has 0 saturated carbocycles. The molecule has 0 atom stereocenters. The smallest absolute Gasteiger partial charge is 0.265 e. The lowest BCUT2D eigenvalue weighted by atomic mass is 10.2. The third-order valence-electron chi connectivity index (χ3n) is 2.49. The summed E-state index contributed by atoms with van der Waals surface area (Å²) in [5.41, 5.74) is 1.04. The molecule has 1 fully saturated rings. The summed E-state index contributed by atoms with van der Waals surface area (Å²) in [5, 5.41) is 0. The highest BCUT2D eigenvalue weighted by Crippen LogP contribution is 2.29. The SMILES string of the molecule is CN1C(=O)C(=C/C=C2\C=CC=CN2C)SC1=S. The molecule has 88 valence electrons. The fourth-order valence-electron chi connectivity index (χ4n) is 1.43. The molecule has 0 N–H and O–H groups in total. The molecule has 0 aromatic carbocycles. The number of rotatable bonds is 1. The summed E-state index contributed by atoms with van der Waals surface area (Å²) >= 11 is 6.40. The van der Waals surface area contributed by atoms with E-state index in [2.05, 4.69) is 0 Å². The number of thioether (sulfide) groups is 1. The quantitative estimate of drug-likeness (QED) is 0.535. The summed E-state index contributed by atoms with van der Waals surface area (Å²) in [4.78, 5) is 15.9. The third kappa shape index (κ3) is 2.50. The van der Waals surface area contributed by atoms with Crippen molar-refractivity contribution in [2.24, 2.45) is 0 Å². The first-order valence-corrected chi connectivity index (χ1v) is 6.31. The van der Waals surface area contributed by atoms with Crippen LogP contribution in [0.25, 0.3) is 0 Å². The highest BCUT2D eigenvalue weighted by molar-refractivity contribution is 8.26. The van der Waals surface area contributed by atoms with Crippen molar-refractivity contribution in [1.82, 2.24) is 9.80 Å². The van der Waals surface area contributed by atoms with E-state index in [1.54, 1.807) is 7.05 Å². The summed E-state index contributed by atoms with van der Waals surface area (Å²) in [5.74, 6) is -0.0326. The summed E-state index contributed by atoms with van der Waals surface area (Å²) in [6.45, 7) is 0. The number of carbonyl (C=O) groups excluding carboxylic acids is 1. The van der Waals surface area contributed by atoms with E-state index in [1.807, 2.05) is 48.5 Å². The Labute approximate surface area is 110 Å². The van der Waals surface area contributed by atoms with Gasteiger partial charge < -0.3 is 4.90 Å². The first kappa shape index (κ1) is 12.1. The summed E-state index contributed by atoms with van der Waals surface area (Å²) < 4.78 is 0.604. The predicted molar refractivity (Wildman–Crippen MR) is 75.2 cm³/mol. The number of thiocarbonyl (C=S) groups is 1. The molecule has 5 heteroatoms. The molecule has 2 aliphatic heterocycles. The zero-order valence-electron chi connectivity index (χ0n) is 9.58. The van der Waals surface area contributed by atoms with Crippen LogP contribution < -0.4 is 0 Å². The summed E-state index contributed by atoms with van der Waals surface area (Å²) in [6, 6.07) is 0. The maximum absolute atomic E-state index is 11.7. The van der Waals surface area contributed by atoms with Gasteiger partial charge in [0, 0.05) is 26.0 Å². The Morgan fingerprint density at radius 2 is 2.06 bits per heavy atom. The van der Waals surface area contributed by atoms with E-state index in [1.165, 1.54) is 16.7 Å². The number of hydrogen-bond acceptors (Lipinski definition) is 4. The van der Waals surface area contributed by atoms with E-state index in [0.29, 0.717) is 9.23 Å². The van der Waals surface area contributed by atoms with Crippen LogP contribution in [0, 0.1) is 0 Å². The van der Waals surface area contributed by atoms with E-state index >= 15 is 0 Å². The first-order valence-electron chi connectivity index (χ1n) is 5.09. The fourth-order valence-corrected chi connectivity index (χ4v) is 2.55. The predicted octanol–water partition coefficient (Wildman–Crippen LogP) is 2.26. The molecule has 0 aliphatic carbocycles. The van der Waals surface area contributed by atoms with Crippen LogP contribution in [0.1, 0.15) is 0 Å².